The van der Waals surface area contributed by atoms with Gasteiger partial charge in [0, 0.05) is 110 Å². The number of guanidine groups is 1. The van der Waals surface area contributed by atoms with Crippen LogP contribution in [0.25, 0.3) is 10.9 Å². The monoisotopic (exact) mass is 2040 g/mol. The van der Waals surface area contributed by atoms with E-state index in [0.29, 0.717) is 38.1 Å². The molecule has 0 saturated carbocycles. The zero-order valence-electron chi connectivity index (χ0n) is 81.8. The number of hydrogen-bond acceptors (Lipinski definition) is 26. The van der Waals surface area contributed by atoms with Crippen molar-refractivity contribution in [2.75, 3.05) is 113 Å². The number of carboxylic acids is 2. The van der Waals surface area contributed by atoms with Crippen molar-refractivity contribution in [2.24, 2.45) is 17.4 Å². The van der Waals surface area contributed by atoms with Crippen LogP contribution in [0.2, 0.25) is 0 Å². The molecular formula is C95H129N23O26S. The Hall–Kier alpha value is -15.4. The van der Waals surface area contributed by atoms with Crippen LogP contribution in [0.1, 0.15) is 94.4 Å². The van der Waals surface area contributed by atoms with Crippen LogP contribution in [0.3, 0.4) is 0 Å². The summed E-state index contributed by atoms with van der Waals surface area (Å²) < 4.78 is 0. The van der Waals surface area contributed by atoms with Gasteiger partial charge in [-0.15, -0.1) is 11.8 Å². The molecule has 4 aromatic carbocycles. The number of aromatic amines is 1. The molecule has 786 valence electrons. The number of carbonyl (C=O) groups excluding carboxylic acids is 19. The number of hydrogen-bond donors (Lipinski definition) is 20. The van der Waals surface area contributed by atoms with Gasteiger partial charge >= 0.3 is 11.9 Å². The minimum Gasteiger partial charge on any atom is -0.508 e. The maximum atomic E-state index is 15.6. The van der Waals surface area contributed by atoms with Gasteiger partial charge in [0.2, 0.25) is 112 Å². The van der Waals surface area contributed by atoms with Crippen molar-refractivity contribution in [1.82, 2.24) is 103 Å². The van der Waals surface area contributed by atoms with Crippen molar-refractivity contribution in [3.8, 4) is 5.75 Å². The van der Waals surface area contributed by atoms with Crippen LogP contribution in [-0.4, -0.2) is 397 Å². The molecule has 0 spiro atoms. The highest BCUT2D eigenvalue weighted by Gasteiger charge is 2.47. The van der Waals surface area contributed by atoms with Crippen molar-refractivity contribution in [1.29, 1.82) is 5.41 Å². The van der Waals surface area contributed by atoms with Crippen molar-refractivity contribution in [3.05, 3.63) is 138 Å². The smallest absolute Gasteiger partial charge is 0.305 e. The molecule has 1 aromatic heterocycles. The number of nitrogens with one attached hydrogen (secondary N) is 13. The predicted octanol–water partition coefficient (Wildman–Crippen LogP) is -6.43. The number of rotatable bonds is 22. The van der Waals surface area contributed by atoms with Crippen molar-refractivity contribution in [3.63, 3.8) is 0 Å². The van der Waals surface area contributed by atoms with Gasteiger partial charge in [0.25, 0.3) is 0 Å². The van der Waals surface area contributed by atoms with Crippen LogP contribution in [-0.2, 0) is 126 Å². The van der Waals surface area contributed by atoms with E-state index in [2.05, 4.69) is 63.5 Å². The lowest BCUT2D eigenvalue weighted by Crippen LogP contribution is -2.61. The summed E-state index contributed by atoms with van der Waals surface area (Å²) in [5.74, 6) is -25.1. The SMILES string of the molecule is CC(C)[C@@H]1NC(=O)[C@H](CC(=O)O)NC(=O)[C@H](C)N(C)C(=O)[C@@H]2CCCN2C(=O)[C@H](CC(=O)O)NC(=O)CNC(=O)[C@H](CO)N(C)C(=O)[C@@H](Cc2c[nH]c3ccccc23)NC(=O)CSC[C@@H](C(=O)NCC(N)=O)NC(=O)[C@@H]2CCCN2C(=O)[C@H](Cc2ccccc2)N(C)C(=O)[C@H](Cc2ccc(O)cc2)NC(=O)CN(C)C(=O)[C@H](Cc2ccccc2)N(C)C(=O)[C@H](CCCNC(=N)N)NC(=O)CNC(=O)[C@H](CO)N(C)C1=O. The fraction of sp³-hybridized carbons (Fsp3) is 0.495. The Kier molecular flexibility index (Phi) is 43.4. The number of carboxylic acid groups (broad SMARTS) is 2. The summed E-state index contributed by atoms with van der Waals surface area (Å²) in [7, 11) is 7.07. The van der Waals surface area contributed by atoms with Crippen molar-refractivity contribution >= 4 is 153 Å². The topological polar surface area (TPSA) is 710 Å². The first-order chi connectivity index (χ1) is 68.7. The third-order valence-electron chi connectivity index (χ3n) is 25.1. The Morgan fingerprint density at radius 2 is 0.972 bits per heavy atom. The van der Waals surface area contributed by atoms with E-state index in [1.165, 1.54) is 71.1 Å². The van der Waals surface area contributed by atoms with E-state index in [1.807, 2.05) is 0 Å². The average Bonchev–Trinajstić information content (AvgIpc) is 1.71. The van der Waals surface area contributed by atoms with Gasteiger partial charge in [0.15, 0.2) is 5.96 Å². The fourth-order valence-corrected chi connectivity index (χ4v) is 17.7. The molecule has 0 radical (unpaired) electrons. The number of aliphatic carboxylic acids is 2. The number of carbonyl (C=O) groups is 21. The Labute approximate surface area is 839 Å². The number of likely N-dealkylation sites (N-methyl/N-ethyl adjacent to an activating group) is 6. The number of phenols is 1. The number of para-hydroxylation sites is 1. The molecule has 4 heterocycles. The first-order valence-corrected chi connectivity index (χ1v) is 48.0. The molecule has 0 aliphatic carbocycles. The number of thioether (sulfide) groups is 1. The number of H-pyrrole nitrogens is 1. The maximum absolute atomic E-state index is 15.6. The van der Waals surface area contributed by atoms with Crippen LogP contribution in [0.15, 0.2) is 115 Å². The number of primary amides is 1. The second-order valence-corrected chi connectivity index (χ2v) is 36.9. The van der Waals surface area contributed by atoms with E-state index < -0.39 is 284 Å². The highest BCUT2D eigenvalue weighted by atomic mass is 32.2. The highest BCUT2D eigenvalue weighted by molar-refractivity contribution is 8.00. The molecule has 0 unspecified atom stereocenters. The quantitative estimate of drug-likeness (QED) is 0.0174. The zero-order valence-corrected chi connectivity index (χ0v) is 82.7. The standard InChI is InChI=1S/C95H129N23O26S/c1-52(2)80-94(144)116(9)72(49-120)85(135)102-45-74(123)104-61(27-18-34-99-95(97)98)87(137)113(6)69(38-54-21-12-10-13-22-54)91(141)111(4)47-76(125)106-63(37-56-30-32-58(121)33-31-56)88(138)114(7)70(39-55-23-14-11-15-24-55)93(143)117-35-19-28-67(117)86(136)109-66(82(132)101-44-73(96)122)50-145-51-77(126)107-64(40-57-43-100-60-26-17-16-25-59(57)60)89(139)115(8)71(48-119)84(134)103-46-75(124)105-65(42-79(129)130)90(140)118-36-20-29-68(118)92(142)112(5)53(3)81(131)108-62(41-78(127)128)83(133)110-80/h10-17,21-26,30-33,43,52-53,61-72,80,100,119-121H,18-20,27-29,34-42,44-51H2,1-9H3,(H2,96,122)(H,101,132)(H,102,135)(H,103,134)(H,104,123)(H,105,124)(H,106,125)(H,107,126)(H,108,131)(H,109,136)(H,110,133)(H,127,128)(H,129,130)(H4,97,98,99)/t53-,61-,62-,63-,64+,65-,66-,67-,68-,69-,70-,71-,72-,80-/m0/s1. The Balaban J connectivity index is 1.13. The predicted molar refractivity (Wildman–Crippen MR) is 521 cm³/mol. The number of fused-ring (bicyclic) bond motifs is 3. The minimum absolute atomic E-state index is 0.0103. The van der Waals surface area contributed by atoms with E-state index in [0.717, 1.165) is 62.3 Å². The maximum Gasteiger partial charge on any atom is 0.305 e. The highest BCUT2D eigenvalue weighted by Crippen LogP contribution is 2.28. The lowest BCUT2D eigenvalue weighted by molar-refractivity contribution is -0.150. The molecule has 19 amide bonds. The number of amides is 19. The van der Waals surface area contributed by atoms with Gasteiger partial charge in [-0.2, -0.15) is 0 Å². The zero-order chi connectivity index (χ0) is 107. The molecule has 3 saturated heterocycles. The fourth-order valence-electron chi connectivity index (χ4n) is 16.9. The summed E-state index contributed by atoms with van der Waals surface area (Å²) in [6, 6.07) is 6.16. The summed E-state index contributed by atoms with van der Waals surface area (Å²) in [5, 5.41) is 87.4. The van der Waals surface area contributed by atoms with Gasteiger partial charge in [-0.05, 0) is 91.8 Å². The summed E-state index contributed by atoms with van der Waals surface area (Å²) in [4.78, 5) is 311. The van der Waals surface area contributed by atoms with E-state index >= 15 is 19.2 Å². The van der Waals surface area contributed by atoms with Crippen LogP contribution in [0.5, 0.6) is 5.75 Å². The van der Waals surface area contributed by atoms with Crippen molar-refractivity contribution < 1.29 is 126 Å². The number of aliphatic hydroxyl groups is 2. The molecule has 14 atom stereocenters. The lowest BCUT2D eigenvalue weighted by atomic mass is 10.00. The number of aliphatic hydroxyl groups excluding tert-OH is 2. The van der Waals surface area contributed by atoms with Gasteiger partial charge in [0.05, 0.1) is 58.0 Å². The second kappa shape index (κ2) is 54.7. The van der Waals surface area contributed by atoms with Gasteiger partial charge in [0.1, 0.15) is 90.3 Å². The van der Waals surface area contributed by atoms with E-state index in [9.17, 15) is 107 Å². The molecular weight excluding hydrogens is 1910 g/mol. The van der Waals surface area contributed by atoms with Crippen LogP contribution in [0.4, 0.5) is 0 Å². The summed E-state index contributed by atoms with van der Waals surface area (Å²) in [6.07, 6.45) is -1.71. The molecule has 49 nitrogen and oxygen atoms in total. The lowest BCUT2D eigenvalue weighted by Gasteiger charge is -2.35. The largest absolute Gasteiger partial charge is 0.508 e. The number of benzene rings is 4. The molecule has 50 heteroatoms. The number of aromatic nitrogens is 1. The first-order valence-electron chi connectivity index (χ1n) is 46.9. The number of nitrogens with two attached hydrogens (primary N) is 2. The van der Waals surface area contributed by atoms with E-state index in [-0.39, 0.29) is 89.6 Å². The number of phenolic OH excluding ortho intramolecular Hbond substituents is 1. The van der Waals surface area contributed by atoms with Gasteiger partial charge in [-0.3, -0.25) is 106 Å². The Morgan fingerprint density at radius 1 is 0.483 bits per heavy atom. The molecule has 0 bridgehead atoms. The molecule has 3 aliphatic heterocycles. The van der Waals surface area contributed by atoms with Crippen molar-refractivity contribution in [2.45, 2.75) is 182 Å². The molecule has 5 aromatic rings. The average molecular weight is 2040 g/mol. The summed E-state index contributed by atoms with van der Waals surface area (Å²) in [6.45, 7) is -2.06. The van der Waals surface area contributed by atoms with E-state index in [1.54, 1.807) is 91.1 Å². The van der Waals surface area contributed by atoms with Crippen LogP contribution >= 0.6 is 11.8 Å². The van der Waals surface area contributed by atoms with Gasteiger partial charge < -0.3 is 140 Å². The number of nitrogens with zero attached hydrogens (tertiary/aromatic N) is 8. The summed E-state index contributed by atoms with van der Waals surface area (Å²) >= 11 is 0.755. The van der Waals surface area contributed by atoms with Gasteiger partial charge in [-0.1, -0.05) is 105 Å². The first kappa shape index (κ1) is 115. The Bertz CT molecular complexity index is 5530. The number of aromatic hydroxyl groups is 1. The molecule has 3 fully saturated rings. The molecule has 8 rings (SSSR count). The van der Waals surface area contributed by atoms with Gasteiger partial charge in [-0.25, -0.2) is 0 Å². The Morgan fingerprint density at radius 3 is 1.52 bits per heavy atom. The normalized spacial score (nSPS) is 24.1. The van der Waals surface area contributed by atoms with Crippen LogP contribution in [0, 0.1) is 11.3 Å². The minimum atomic E-state index is -2.01. The van der Waals surface area contributed by atoms with E-state index in [4.69, 9.17) is 16.9 Å². The molecule has 145 heavy (non-hydrogen) atoms. The third-order valence-corrected chi connectivity index (χ3v) is 26.1. The van der Waals surface area contributed by atoms with Crippen LogP contribution < -0.4 is 70.0 Å². The summed E-state index contributed by atoms with van der Waals surface area (Å²) in [5.41, 5.74) is 13.5. The molecule has 22 N–H and O–H groups in total. The third kappa shape index (κ3) is 32.8. The second-order valence-electron chi connectivity index (χ2n) is 35.9. The molecule has 3 aliphatic rings.